The van der Waals surface area contributed by atoms with E-state index in [1.807, 2.05) is 18.2 Å². The lowest BCUT2D eigenvalue weighted by Gasteiger charge is -2.25. The molecule has 1 heterocycles. The van der Waals surface area contributed by atoms with Crippen molar-refractivity contribution in [2.75, 3.05) is 5.32 Å². The Bertz CT molecular complexity index is 1130. The van der Waals surface area contributed by atoms with Crippen molar-refractivity contribution < 1.29 is 9.53 Å². The summed E-state index contributed by atoms with van der Waals surface area (Å²) >= 11 is 5.90. The van der Waals surface area contributed by atoms with Crippen LogP contribution in [0.25, 0.3) is 10.9 Å². The number of H-pyrrole nitrogens is 1. The summed E-state index contributed by atoms with van der Waals surface area (Å²) in [5, 5.41) is 4.55. The number of fused-ring (bicyclic) bond motifs is 3. The summed E-state index contributed by atoms with van der Waals surface area (Å²) in [6.07, 6.45) is 3.90. The van der Waals surface area contributed by atoms with Gasteiger partial charge in [0.05, 0.1) is 5.52 Å². The number of aromatic amines is 1. The highest BCUT2D eigenvalue weighted by atomic mass is 35.5. The molecule has 29 heavy (non-hydrogen) atoms. The summed E-state index contributed by atoms with van der Waals surface area (Å²) in [6.45, 7) is 3.41. The maximum Gasteiger partial charge on any atom is 0.267 e. The fraction of sp³-hybridized carbons (Fsp3) is 0.304. The fourth-order valence-electron chi connectivity index (χ4n) is 3.76. The van der Waals surface area contributed by atoms with Crippen molar-refractivity contribution in [3.8, 4) is 5.75 Å². The number of hydrogen-bond acceptors (Lipinski definition) is 3. The van der Waals surface area contributed by atoms with Crippen molar-refractivity contribution in [1.82, 2.24) is 4.98 Å². The van der Waals surface area contributed by atoms with Gasteiger partial charge in [-0.05, 0) is 81.5 Å². The van der Waals surface area contributed by atoms with E-state index in [1.165, 1.54) is 0 Å². The number of halogens is 1. The highest BCUT2D eigenvalue weighted by Crippen LogP contribution is 2.28. The molecule has 1 aliphatic carbocycles. The fourth-order valence-corrected chi connectivity index (χ4v) is 3.89. The minimum Gasteiger partial charge on any atom is -0.478 e. The first-order chi connectivity index (χ1) is 13.8. The van der Waals surface area contributed by atoms with Crippen LogP contribution in [-0.2, 0) is 17.6 Å². The molecule has 2 N–H and O–H groups in total. The number of aryl methyl sites for hydroxylation is 1. The summed E-state index contributed by atoms with van der Waals surface area (Å²) in [5.41, 5.74) is 2.28. The van der Waals surface area contributed by atoms with E-state index in [-0.39, 0.29) is 11.5 Å². The Labute approximate surface area is 174 Å². The number of anilines is 1. The van der Waals surface area contributed by atoms with E-state index in [2.05, 4.69) is 10.3 Å². The van der Waals surface area contributed by atoms with E-state index in [0.29, 0.717) is 16.5 Å². The van der Waals surface area contributed by atoms with Crippen LogP contribution in [0.4, 0.5) is 5.69 Å². The van der Waals surface area contributed by atoms with Crippen molar-refractivity contribution in [1.29, 1.82) is 0 Å². The van der Waals surface area contributed by atoms with Gasteiger partial charge in [-0.1, -0.05) is 17.7 Å². The third-order valence-corrected chi connectivity index (χ3v) is 5.58. The molecule has 1 aromatic heterocycles. The maximum atomic E-state index is 12.8. The minimum absolute atomic E-state index is 0.0259. The van der Waals surface area contributed by atoms with Gasteiger partial charge < -0.3 is 15.0 Å². The van der Waals surface area contributed by atoms with Gasteiger partial charge in [-0.15, -0.1) is 0 Å². The lowest BCUT2D eigenvalue weighted by molar-refractivity contribution is -0.128. The number of pyridine rings is 1. The van der Waals surface area contributed by atoms with Gasteiger partial charge >= 0.3 is 0 Å². The molecule has 6 heteroatoms. The number of nitrogens with one attached hydrogen (secondary N) is 2. The maximum absolute atomic E-state index is 12.8. The topological polar surface area (TPSA) is 71.2 Å². The number of carbonyl (C=O) groups excluding carboxylic acids is 1. The van der Waals surface area contributed by atoms with E-state index in [4.69, 9.17) is 16.3 Å². The molecule has 5 nitrogen and oxygen atoms in total. The molecule has 0 saturated carbocycles. The van der Waals surface area contributed by atoms with E-state index in [9.17, 15) is 9.59 Å². The molecule has 0 bridgehead atoms. The molecular weight excluding hydrogens is 388 g/mol. The van der Waals surface area contributed by atoms with E-state index < -0.39 is 5.60 Å². The summed E-state index contributed by atoms with van der Waals surface area (Å²) in [7, 11) is 0. The molecule has 150 valence electrons. The van der Waals surface area contributed by atoms with Crippen LogP contribution in [0, 0.1) is 0 Å². The Balaban J connectivity index is 1.57. The van der Waals surface area contributed by atoms with Crippen molar-refractivity contribution >= 4 is 34.1 Å². The second-order valence-electron chi connectivity index (χ2n) is 7.90. The van der Waals surface area contributed by atoms with Crippen LogP contribution in [0.5, 0.6) is 5.75 Å². The van der Waals surface area contributed by atoms with Crippen molar-refractivity contribution in [3.63, 3.8) is 0 Å². The van der Waals surface area contributed by atoms with Crippen molar-refractivity contribution in [2.24, 2.45) is 0 Å². The largest absolute Gasteiger partial charge is 0.478 e. The molecule has 2 aromatic carbocycles. The lowest BCUT2D eigenvalue weighted by Crippen LogP contribution is -2.42. The Morgan fingerprint density at radius 2 is 1.76 bits per heavy atom. The second-order valence-corrected chi connectivity index (χ2v) is 8.34. The molecule has 4 rings (SSSR count). The minimum atomic E-state index is -1.09. The standard InChI is InChI=1S/C23H23ClN2O3/c1-23(2,29-16-10-7-14(24)8-11-16)22(28)25-15-9-12-18-17-5-3-4-6-19(17)21(27)26-20(18)13-15/h7-13H,3-6H2,1-2H3,(H,25,28)(H,26,27). The number of amides is 1. The van der Waals surface area contributed by atoms with Crippen LogP contribution < -0.4 is 15.6 Å². The van der Waals surface area contributed by atoms with E-state index >= 15 is 0 Å². The summed E-state index contributed by atoms with van der Waals surface area (Å²) in [4.78, 5) is 28.2. The van der Waals surface area contributed by atoms with Crippen LogP contribution in [0.2, 0.25) is 5.02 Å². The molecule has 0 spiro atoms. The molecule has 1 aliphatic rings. The predicted octanol–water partition coefficient (Wildman–Crippen LogP) is 4.86. The van der Waals surface area contributed by atoms with Gasteiger partial charge in [0, 0.05) is 21.7 Å². The highest BCUT2D eigenvalue weighted by molar-refractivity contribution is 6.30. The van der Waals surface area contributed by atoms with E-state index in [0.717, 1.165) is 47.7 Å². The van der Waals surface area contributed by atoms with Crippen LogP contribution in [0.1, 0.15) is 37.8 Å². The van der Waals surface area contributed by atoms with Crippen molar-refractivity contribution in [2.45, 2.75) is 45.1 Å². The zero-order chi connectivity index (χ0) is 20.6. The molecule has 0 fully saturated rings. The average Bonchev–Trinajstić information content (AvgIpc) is 2.69. The summed E-state index contributed by atoms with van der Waals surface area (Å²) in [5.74, 6) is 0.274. The van der Waals surface area contributed by atoms with Gasteiger partial charge in [-0.3, -0.25) is 9.59 Å². The number of aromatic nitrogens is 1. The highest BCUT2D eigenvalue weighted by Gasteiger charge is 2.30. The third kappa shape index (κ3) is 4.01. The van der Waals surface area contributed by atoms with Gasteiger partial charge in [0.2, 0.25) is 0 Å². The molecule has 0 unspecified atom stereocenters. The molecule has 1 amide bonds. The van der Waals surface area contributed by atoms with Crippen LogP contribution in [-0.4, -0.2) is 16.5 Å². The van der Waals surface area contributed by atoms with Gasteiger partial charge in [-0.25, -0.2) is 0 Å². The zero-order valence-corrected chi connectivity index (χ0v) is 17.2. The van der Waals surface area contributed by atoms with Crippen LogP contribution in [0.3, 0.4) is 0 Å². The Hall–Kier alpha value is -2.79. The average molecular weight is 411 g/mol. The number of carbonyl (C=O) groups is 1. The van der Waals surface area contributed by atoms with Gasteiger partial charge in [-0.2, -0.15) is 0 Å². The second kappa shape index (κ2) is 7.56. The molecule has 0 atom stereocenters. The quantitative estimate of drug-likeness (QED) is 0.645. The molecule has 0 aliphatic heterocycles. The Kier molecular flexibility index (Phi) is 5.09. The predicted molar refractivity (Wildman–Crippen MR) is 116 cm³/mol. The lowest BCUT2D eigenvalue weighted by atomic mass is 9.90. The first kappa shape index (κ1) is 19.5. The Morgan fingerprint density at radius 3 is 2.48 bits per heavy atom. The molecular formula is C23H23ClN2O3. The molecule has 0 saturated heterocycles. The van der Waals surface area contributed by atoms with Crippen LogP contribution >= 0.6 is 11.6 Å². The number of ether oxygens (including phenoxy) is 1. The Morgan fingerprint density at radius 1 is 1.07 bits per heavy atom. The normalized spacial score (nSPS) is 13.8. The van der Waals surface area contributed by atoms with Crippen molar-refractivity contribution in [3.05, 3.63) is 69.0 Å². The summed E-state index contributed by atoms with van der Waals surface area (Å²) in [6, 6.07) is 12.5. The smallest absolute Gasteiger partial charge is 0.267 e. The number of hydrogen-bond donors (Lipinski definition) is 2. The third-order valence-electron chi connectivity index (χ3n) is 5.33. The monoisotopic (exact) mass is 410 g/mol. The number of benzene rings is 2. The zero-order valence-electron chi connectivity index (χ0n) is 16.5. The van der Waals surface area contributed by atoms with Gasteiger partial charge in [0.15, 0.2) is 5.60 Å². The first-order valence-corrected chi connectivity index (χ1v) is 10.1. The molecule has 3 aromatic rings. The molecule has 0 radical (unpaired) electrons. The van der Waals surface area contributed by atoms with Gasteiger partial charge in [0.1, 0.15) is 5.75 Å². The summed E-state index contributed by atoms with van der Waals surface area (Å²) < 4.78 is 5.84. The van der Waals surface area contributed by atoms with Crippen LogP contribution in [0.15, 0.2) is 47.3 Å². The first-order valence-electron chi connectivity index (χ1n) is 9.77. The SMILES string of the molecule is CC(C)(Oc1ccc(Cl)cc1)C(=O)Nc1ccc2c3c(c(=O)[nH]c2c1)CCCC3. The van der Waals surface area contributed by atoms with Gasteiger partial charge in [0.25, 0.3) is 11.5 Å². The number of rotatable bonds is 4. The van der Waals surface area contributed by atoms with E-state index in [1.54, 1.807) is 38.1 Å².